The molecule has 0 aromatic heterocycles. The maximum absolute atomic E-state index is 14.5. The van der Waals surface area contributed by atoms with Gasteiger partial charge in [-0.15, -0.1) is 0 Å². The van der Waals surface area contributed by atoms with Gasteiger partial charge in [-0.3, -0.25) is 9.69 Å². The Hall–Kier alpha value is -3.88. The number of rotatable bonds is 12. The fourth-order valence-electron chi connectivity index (χ4n) is 8.81. The van der Waals surface area contributed by atoms with Gasteiger partial charge >= 0.3 is 6.09 Å². The van der Waals surface area contributed by atoms with E-state index in [9.17, 15) is 24.9 Å². The third-order valence-corrected chi connectivity index (χ3v) is 10.4. The van der Waals surface area contributed by atoms with Crippen molar-refractivity contribution in [2.75, 3.05) is 6.61 Å². The number of carbonyl (C=O) groups excluding carboxylic acids is 1. The number of ether oxygens (including phenoxy) is 1. The van der Waals surface area contributed by atoms with E-state index < -0.39 is 41.8 Å². The Morgan fingerprint density at radius 2 is 1.44 bits per heavy atom. The van der Waals surface area contributed by atoms with Crippen molar-refractivity contribution in [1.29, 1.82) is 0 Å². The molecule has 0 radical (unpaired) electrons. The van der Waals surface area contributed by atoms with Crippen molar-refractivity contribution in [3.8, 4) is 5.75 Å². The fourth-order valence-corrected chi connectivity index (χ4v) is 8.81. The van der Waals surface area contributed by atoms with Gasteiger partial charge < -0.3 is 25.4 Å². The topological polar surface area (TPSA) is 119 Å². The molecule has 8 heteroatoms. The zero-order chi connectivity index (χ0) is 31.6. The van der Waals surface area contributed by atoms with E-state index in [4.69, 9.17) is 4.74 Å². The number of benzene rings is 3. The average molecular weight is 613 g/mol. The van der Waals surface area contributed by atoms with Crippen LogP contribution in [0.5, 0.6) is 5.75 Å². The van der Waals surface area contributed by atoms with E-state index in [-0.39, 0.29) is 6.42 Å². The van der Waals surface area contributed by atoms with Crippen LogP contribution in [0, 0.1) is 17.8 Å². The monoisotopic (exact) mass is 612 g/mol. The normalized spacial score (nSPS) is 26.0. The summed E-state index contributed by atoms with van der Waals surface area (Å²) in [5, 5.41) is 35.2. The minimum atomic E-state index is -1.51. The summed E-state index contributed by atoms with van der Waals surface area (Å²) in [5.74, 6) is 1.56. The molecule has 4 bridgehead atoms. The lowest BCUT2D eigenvalue weighted by atomic mass is 9.52. The van der Waals surface area contributed by atoms with Crippen molar-refractivity contribution in [1.82, 2.24) is 10.2 Å². The van der Waals surface area contributed by atoms with Gasteiger partial charge in [0.1, 0.15) is 24.0 Å². The van der Waals surface area contributed by atoms with Crippen LogP contribution < -0.4 is 10.1 Å². The van der Waals surface area contributed by atoms with Crippen molar-refractivity contribution in [3.63, 3.8) is 0 Å². The Labute approximate surface area is 265 Å². The van der Waals surface area contributed by atoms with E-state index in [2.05, 4.69) is 5.32 Å². The summed E-state index contributed by atoms with van der Waals surface area (Å²) in [6.45, 7) is 1.62. The first-order valence-electron chi connectivity index (χ1n) is 16.1. The summed E-state index contributed by atoms with van der Waals surface area (Å²) in [6.07, 6.45) is 3.54. The van der Waals surface area contributed by atoms with E-state index >= 15 is 0 Å². The lowest BCUT2D eigenvalue weighted by molar-refractivity contribution is -0.149. The predicted molar refractivity (Wildman–Crippen MR) is 171 cm³/mol. The molecule has 8 nitrogen and oxygen atoms in total. The van der Waals surface area contributed by atoms with E-state index in [0.29, 0.717) is 35.7 Å². The molecule has 0 aliphatic heterocycles. The van der Waals surface area contributed by atoms with Crippen LogP contribution in [0.3, 0.4) is 0 Å². The number of aliphatic hydroxyl groups excluding tert-OH is 2. The highest BCUT2D eigenvalue weighted by atomic mass is 16.5. The van der Waals surface area contributed by atoms with Crippen molar-refractivity contribution in [2.24, 2.45) is 17.8 Å². The first kappa shape index (κ1) is 31.1. The molecule has 45 heavy (non-hydrogen) atoms. The third kappa shape index (κ3) is 6.44. The van der Waals surface area contributed by atoms with Gasteiger partial charge in [0.15, 0.2) is 0 Å². The quantitative estimate of drug-likeness (QED) is 0.208. The molecule has 4 saturated carbocycles. The van der Waals surface area contributed by atoms with Crippen LogP contribution in [-0.2, 0) is 17.8 Å². The van der Waals surface area contributed by atoms with Gasteiger partial charge in [0.25, 0.3) is 0 Å². The SMILES string of the molecule is CC(Cc1ccc(OCc2ccccc2)cc1)(C(=O)NC(CO)C(O)c1ccccc1)N(C(=O)O)C12CC3CC(CC(C3)C1)C2. The summed E-state index contributed by atoms with van der Waals surface area (Å²) in [6, 6.07) is 25.2. The molecule has 0 spiro atoms. The Morgan fingerprint density at radius 1 is 0.889 bits per heavy atom. The molecule has 3 unspecified atom stereocenters. The standard InChI is InChI=1S/C37H44N2O6/c1-36(34(42)38-32(23-40)33(41)30-10-6-3-7-11-30,19-25-12-14-31(15-13-25)45-24-26-8-4-2-5-9-26)39(35(43)44)37-20-27-16-28(21-37)18-29(17-27)22-37/h2-15,27-29,32-33,40-41H,16-24H2,1H3,(H,38,42)(H,43,44). The minimum absolute atomic E-state index is 0.130. The van der Waals surface area contributed by atoms with Crippen LogP contribution >= 0.6 is 0 Å². The van der Waals surface area contributed by atoms with Crippen molar-refractivity contribution in [2.45, 2.75) is 81.7 Å². The average Bonchev–Trinajstić information content (AvgIpc) is 3.02. The summed E-state index contributed by atoms with van der Waals surface area (Å²) >= 11 is 0. The highest BCUT2D eigenvalue weighted by molar-refractivity contribution is 5.90. The van der Waals surface area contributed by atoms with Crippen LogP contribution in [0.4, 0.5) is 4.79 Å². The second-order valence-electron chi connectivity index (χ2n) is 13.7. The van der Waals surface area contributed by atoms with Crippen molar-refractivity contribution in [3.05, 3.63) is 102 Å². The van der Waals surface area contributed by atoms with Gasteiger partial charge in [-0.25, -0.2) is 4.79 Å². The van der Waals surface area contributed by atoms with E-state index in [1.165, 1.54) is 4.90 Å². The first-order valence-corrected chi connectivity index (χ1v) is 16.1. The maximum atomic E-state index is 14.5. The lowest BCUT2D eigenvalue weighted by Gasteiger charge is -2.62. The van der Waals surface area contributed by atoms with E-state index in [0.717, 1.165) is 49.7 Å². The number of hydrogen-bond acceptors (Lipinski definition) is 5. The highest BCUT2D eigenvalue weighted by Gasteiger charge is 2.60. The molecular formula is C37H44N2O6. The Morgan fingerprint density at radius 3 is 1.98 bits per heavy atom. The van der Waals surface area contributed by atoms with Gasteiger partial charge in [-0.2, -0.15) is 0 Å². The van der Waals surface area contributed by atoms with Gasteiger partial charge in [-0.1, -0.05) is 72.8 Å². The number of hydrogen-bond donors (Lipinski definition) is 4. The van der Waals surface area contributed by atoms with Crippen LogP contribution in [-0.4, -0.2) is 55.9 Å². The second kappa shape index (κ2) is 12.9. The summed E-state index contributed by atoms with van der Waals surface area (Å²) in [7, 11) is 0. The number of carboxylic acid groups (broad SMARTS) is 1. The number of nitrogens with zero attached hydrogens (tertiary/aromatic N) is 1. The van der Waals surface area contributed by atoms with E-state index in [1.807, 2.05) is 60.7 Å². The zero-order valence-corrected chi connectivity index (χ0v) is 25.8. The van der Waals surface area contributed by atoms with Gasteiger partial charge in [0.05, 0.1) is 12.6 Å². The van der Waals surface area contributed by atoms with Crippen molar-refractivity contribution < 1.29 is 29.6 Å². The third-order valence-electron chi connectivity index (χ3n) is 10.4. The maximum Gasteiger partial charge on any atom is 0.408 e. The summed E-state index contributed by atoms with van der Waals surface area (Å²) in [5.41, 5.74) is 0.265. The van der Waals surface area contributed by atoms with Gasteiger partial charge in [-0.05, 0) is 92.0 Å². The van der Waals surface area contributed by atoms with Crippen LogP contribution in [0.2, 0.25) is 0 Å². The molecule has 0 saturated heterocycles. The van der Waals surface area contributed by atoms with Gasteiger partial charge in [0.2, 0.25) is 5.91 Å². The molecule has 2 amide bonds. The fraction of sp³-hybridized carbons (Fsp3) is 0.459. The smallest absolute Gasteiger partial charge is 0.408 e. The van der Waals surface area contributed by atoms with Crippen molar-refractivity contribution >= 4 is 12.0 Å². The van der Waals surface area contributed by atoms with Crippen LogP contribution in [0.25, 0.3) is 0 Å². The van der Waals surface area contributed by atoms with Gasteiger partial charge in [0, 0.05) is 12.0 Å². The molecule has 4 aliphatic carbocycles. The lowest BCUT2D eigenvalue weighted by Crippen LogP contribution is -2.72. The zero-order valence-electron chi connectivity index (χ0n) is 25.8. The number of amides is 2. The molecule has 4 fully saturated rings. The number of aliphatic hydroxyl groups is 2. The Bertz CT molecular complexity index is 1430. The second-order valence-corrected chi connectivity index (χ2v) is 13.7. The highest BCUT2D eigenvalue weighted by Crippen LogP contribution is 2.59. The Kier molecular flexibility index (Phi) is 8.89. The van der Waals surface area contributed by atoms with E-state index in [1.54, 1.807) is 31.2 Å². The molecule has 238 valence electrons. The first-order chi connectivity index (χ1) is 21.7. The molecule has 4 N–H and O–H groups in total. The number of nitrogens with one attached hydrogen (secondary N) is 1. The molecule has 4 aliphatic rings. The molecule has 0 heterocycles. The molecular weight excluding hydrogens is 568 g/mol. The number of carbonyl (C=O) groups is 2. The van der Waals surface area contributed by atoms with Crippen LogP contribution in [0.1, 0.15) is 68.2 Å². The molecule has 7 rings (SSSR count). The Balaban J connectivity index is 1.30. The largest absolute Gasteiger partial charge is 0.489 e. The summed E-state index contributed by atoms with van der Waals surface area (Å²) in [4.78, 5) is 29.3. The summed E-state index contributed by atoms with van der Waals surface area (Å²) < 4.78 is 5.97. The minimum Gasteiger partial charge on any atom is -0.489 e. The molecule has 3 aromatic carbocycles. The predicted octanol–water partition coefficient (Wildman–Crippen LogP) is 5.73. The van der Waals surface area contributed by atoms with Crippen LogP contribution in [0.15, 0.2) is 84.9 Å². The molecule has 3 aromatic rings. The molecule has 3 atom stereocenters.